The van der Waals surface area contributed by atoms with Gasteiger partial charge < -0.3 is 35.0 Å². The lowest BCUT2D eigenvalue weighted by Gasteiger charge is -2.44. The zero-order valence-corrected chi connectivity index (χ0v) is 32.0. The van der Waals surface area contributed by atoms with E-state index in [4.69, 9.17) is 9.47 Å². The lowest BCUT2D eigenvalue weighted by molar-refractivity contribution is -0.161. The number of carbonyl (C=O) groups is 6. The number of β-lactam (4-membered cyclic amide) rings is 1. The van der Waals surface area contributed by atoms with E-state index in [1.165, 1.54) is 21.6 Å². The van der Waals surface area contributed by atoms with Crippen LogP contribution in [0.4, 0.5) is 4.79 Å². The predicted octanol–water partition coefficient (Wildman–Crippen LogP) is 4.10. The quantitative estimate of drug-likeness (QED) is 0.132. The van der Waals surface area contributed by atoms with Gasteiger partial charge in [-0.25, -0.2) is 9.59 Å². The van der Waals surface area contributed by atoms with Gasteiger partial charge in [0.15, 0.2) is 11.5 Å². The van der Waals surface area contributed by atoms with Crippen molar-refractivity contribution in [1.82, 2.24) is 25.3 Å². The summed E-state index contributed by atoms with van der Waals surface area (Å²) in [7, 11) is 0. The van der Waals surface area contributed by atoms with E-state index >= 15 is 0 Å². The molecule has 3 N–H and O–H groups in total. The van der Waals surface area contributed by atoms with Crippen molar-refractivity contribution < 1.29 is 43.3 Å². The molecule has 0 spiro atoms. The fourth-order valence-electron chi connectivity index (χ4n) is 7.12. The first-order chi connectivity index (χ1) is 27.4. The molecular weight excluding hydrogens is 751 g/mol. The lowest BCUT2D eigenvalue weighted by Crippen LogP contribution is -2.71. The molecule has 294 valence electrons. The second kappa shape index (κ2) is 16.4. The first-order valence-corrected chi connectivity index (χ1v) is 19.2. The molecule has 1 unspecified atom stereocenters. The van der Waals surface area contributed by atoms with Crippen LogP contribution in [0.5, 0.6) is 11.5 Å². The minimum absolute atomic E-state index is 0.0263. The lowest BCUT2D eigenvalue weighted by atomic mass is 9.95. The van der Waals surface area contributed by atoms with Crippen LogP contribution in [0.1, 0.15) is 42.1 Å². The second-order valence-corrected chi connectivity index (χ2v) is 16.2. The summed E-state index contributed by atoms with van der Waals surface area (Å²) in [4.78, 5) is 82.7. The summed E-state index contributed by atoms with van der Waals surface area (Å²) in [5.74, 6) is -3.41. The average molecular weight is 792 g/mol. The molecule has 3 saturated heterocycles. The van der Waals surface area contributed by atoms with Crippen molar-refractivity contribution in [3.05, 3.63) is 131 Å². The number of nitrogens with zero attached hydrogens (tertiary/aromatic N) is 3. The molecule has 0 aliphatic carbocycles. The Morgan fingerprint density at radius 3 is 2.00 bits per heavy atom. The third kappa shape index (κ3) is 8.28. The zero-order valence-electron chi connectivity index (χ0n) is 31.2. The maximum absolute atomic E-state index is 13.7. The number of thioether (sulfide) groups is 1. The average Bonchev–Trinajstić information content (AvgIpc) is 3.48. The van der Waals surface area contributed by atoms with Crippen LogP contribution in [0.15, 0.2) is 109 Å². The van der Waals surface area contributed by atoms with Crippen LogP contribution in [0.3, 0.4) is 0 Å². The number of aliphatic carboxylic acids is 1. The molecule has 4 aromatic rings. The fraction of sp³-hybridized carbons (Fsp3) is 0.286. The molecule has 4 atom stereocenters. The Bertz CT molecular complexity index is 2170. The number of carboxylic acid groups (broad SMARTS) is 1. The van der Waals surface area contributed by atoms with E-state index < -0.39 is 63.9 Å². The van der Waals surface area contributed by atoms with E-state index in [9.17, 15) is 33.9 Å². The summed E-state index contributed by atoms with van der Waals surface area (Å²) < 4.78 is 11.5. The van der Waals surface area contributed by atoms with Gasteiger partial charge >= 0.3 is 23.8 Å². The molecule has 0 saturated carbocycles. The molecule has 3 fully saturated rings. The largest absolute Gasteiger partial charge is 0.485 e. The molecule has 4 aromatic carbocycles. The van der Waals surface area contributed by atoms with Crippen molar-refractivity contribution in [2.24, 2.45) is 0 Å². The molecule has 0 aromatic heterocycles. The number of fused-ring (bicyclic) bond motifs is 1. The van der Waals surface area contributed by atoms with E-state index in [2.05, 4.69) is 10.6 Å². The van der Waals surface area contributed by atoms with E-state index in [0.29, 0.717) is 29.2 Å². The molecule has 3 aliphatic heterocycles. The van der Waals surface area contributed by atoms with Crippen LogP contribution in [0, 0.1) is 0 Å². The van der Waals surface area contributed by atoms with Crippen LogP contribution >= 0.6 is 11.8 Å². The maximum atomic E-state index is 13.7. The van der Waals surface area contributed by atoms with Gasteiger partial charge in [-0.1, -0.05) is 97.1 Å². The monoisotopic (exact) mass is 791 g/mol. The molecule has 57 heavy (non-hydrogen) atoms. The highest BCUT2D eigenvalue weighted by Crippen LogP contribution is 2.50. The van der Waals surface area contributed by atoms with E-state index in [1.807, 2.05) is 60.7 Å². The van der Waals surface area contributed by atoms with Crippen LogP contribution in [-0.2, 0) is 43.7 Å². The Morgan fingerprint density at radius 1 is 0.789 bits per heavy atom. The molecule has 0 radical (unpaired) electrons. The van der Waals surface area contributed by atoms with Gasteiger partial charge in [0.05, 0.1) is 0 Å². The van der Waals surface area contributed by atoms with Gasteiger partial charge in [-0.2, -0.15) is 0 Å². The Morgan fingerprint density at radius 2 is 1.39 bits per heavy atom. The van der Waals surface area contributed by atoms with Crippen molar-refractivity contribution in [3.8, 4) is 11.5 Å². The number of amides is 6. The summed E-state index contributed by atoms with van der Waals surface area (Å²) in [6.45, 7) is 3.98. The van der Waals surface area contributed by atoms with Crippen molar-refractivity contribution in [2.75, 3.05) is 13.1 Å². The number of nitrogens with one attached hydrogen (secondary N) is 2. The number of piperazine rings is 1. The van der Waals surface area contributed by atoms with Gasteiger partial charge in [-0.15, -0.1) is 11.8 Å². The summed E-state index contributed by atoms with van der Waals surface area (Å²) >= 11 is 1.27. The van der Waals surface area contributed by atoms with E-state index in [0.717, 1.165) is 16.0 Å². The first-order valence-electron chi connectivity index (χ1n) is 18.4. The molecule has 3 aliphatic rings. The van der Waals surface area contributed by atoms with Crippen molar-refractivity contribution in [3.63, 3.8) is 0 Å². The molecule has 6 amide bonds. The van der Waals surface area contributed by atoms with Crippen LogP contribution in [-0.4, -0.2) is 90.7 Å². The topological polar surface area (TPSA) is 175 Å². The van der Waals surface area contributed by atoms with Gasteiger partial charge in [0, 0.05) is 24.4 Å². The molecule has 0 bridgehead atoms. The van der Waals surface area contributed by atoms with Crippen LogP contribution < -0.4 is 20.1 Å². The summed E-state index contributed by atoms with van der Waals surface area (Å²) in [5.41, 5.74) is 2.97. The van der Waals surface area contributed by atoms with Crippen molar-refractivity contribution in [2.45, 2.75) is 61.9 Å². The molecule has 15 heteroatoms. The number of ether oxygens (including phenoxy) is 2. The minimum Gasteiger partial charge on any atom is -0.485 e. The summed E-state index contributed by atoms with van der Waals surface area (Å²) in [6.07, 6.45) is 0. The number of carboxylic acids is 1. The zero-order chi connectivity index (χ0) is 40.3. The number of carbonyl (C=O) groups excluding carboxylic acids is 5. The highest BCUT2D eigenvalue weighted by Gasteiger charge is 2.64. The highest BCUT2D eigenvalue weighted by atomic mass is 32.2. The number of benzene rings is 4. The van der Waals surface area contributed by atoms with Crippen molar-refractivity contribution >= 4 is 47.4 Å². The Labute approximate surface area is 333 Å². The predicted molar refractivity (Wildman–Crippen MR) is 208 cm³/mol. The molecular formula is C42H41N5O9S. The molecule has 14 nitrogen and oxygen atoms in total. The fourth-order valence-corrected chi connectivity index (χ4v) is 8.75. The third-order valence-electron chi connectivity index (χ3n) is 10.0. The maximum Gasteiger partial charge on any atom is 0.327 e. The number of urea groups is 1. The van der Waals surface area contributed by atoms with Crippen molar-refractivity contribution in [1.29, 1.82) is 0 Å². The highest BCUT2D eigenvalue weighted by molar-refractivity contribution is 8.01. The van der Waals surface area contributed by atoms with Crippen LogP contribution in [0.25, 0.3) is 0 Å². The van der Waals surface area contributed by atoms with Gasteiger partial charge in [0.1, 0.15) is 36.7 Å². The normalized spacial score (nSPS) is 20.3. The summed E-state index contributed by atoms with van der Waals surface area (Å²) in [5, 5.41) is 14.4. The van der Waals surface area contributed by atoms with Gasteiger partial charge in [-0.3, -0.25) is 24.1 Å². The number of hydrogen-bond acceptors (Lipinski definition) is 9. The Hall–Kier alpha value is -6.35. The standard InChI is InChI=1S/C42H41N5O9S/c1-42(2)34(40(52)53)47-36(49)33(39(47)57-42)43-35(48)32(29-16-10-5-11-17-29)44-41(54)46-21-20-45(37(50)38(46)51)23-28-18-19-30(55-24-26-12-6-3-7-13-26)31(22-28)56-25-27-14-8-4-9-15-27/h3-19,22,32-34,39H,20-21,23-25H2,1-2H3,(H,43,48)(H,44,54)(H,52,53)/t32?,33-,34-,39+/m0/s1. The minimum atomic E-state index is -1.34. The van der Waals surface area contributed by atoms with E-state index in [1.54, 1.807) is 62.4 Å². The SMILES string of the molecule is CC1(C)S[C@@H]2[C@@H](NC(=O)C(NC(=O)N3CCN(Cc4ccc(OCc5ccccc5)c(OCc5ccccc5)c4)C(=O)C3=O)c3ccccc3)C(=O)N2[C@H]1C(=O)O. The first kappa shape index (κ1) is 38.9. The van der Waals surface area contributed by atoms with Gasteiger partial charge in [0.2, 0.25) is 11.8 Å². The third-order valence-corrected chi connectivity index (χ3v) is 11.6. The number of rotatable bonds is 13. The molecule has 3 heterocycles. The van der Waals surface area contributed by atoms with E-state index in [-0.39, 0.29) is 26.2 Å². The van der Waals surface area contributed by atoms with Crippen LogP contribution in [0.2, 0.25) is 0 Å². The number of imide groups is 1. The molecule has 7 rings (SSSR count). The summed E-state index contributed by atoms with van der Waals surface area (Å²) in [6, 6.07) is 28.5. The Kier molecular flexibility index (Phi) is 11.2. The van der Waals surface area contributed by atoms with Gasteiger partial charge in [-0.05, 0) is 48.2 Å². The van der Waals surface area contributed by atoms with Gasteiger partial charge in [0.25, 0.3) is 0 Å². The smallest absolute Gasteiger partial charge is 0.327 e. The second-order valence-electron chi connectivity index (χ2n) is 14.4. The Balaban J connectivity index is 1.01. The number of hydrogen-bond donors (Lipinski definition) is 3.